The van der Waals surface area contributed by atoms with E-state index in [9.17, 15) is 9.59 Å². The molecular weight excluding hydrogens is 344 g/mol. The molecule has 0 radical (unpaired) electrons. The molecule has 0 fully saturated rings. The molecule has 2 aromatic carbocycles. The third-order valence-corrected chi connectivity index (χ3v) is 4.37. The standard InChI is InChI=1S/C20H18N4O3/c1-22-18-17(12-21-22)19(25)24(27-14-16-10-6-3-7-11-16)20(26)23(18)13-15-8-4-2-5-9-15/h2-12H,13-14H2,1H3. The molecule has 27 heavy (non-hydrogen) atoms. The Hall–Kier alpha value is -3.61. The van der Waals surface area contributed by atoms with Crippen molar-refractivity contribution in [2.45, 2.75) is 13.2 Å². The highest BCUT2D eigenvalue weighted by atomic mass is 16.7. The summed E-state index contributed by atoms with van der Waals surface area (Å²) >= 11 is 0. The SMILES string of the molecule is Cn1ncc2c(=O)n(OCc3ccccc3)c(=O)n(Cc3ccccc3)c21. The van der Waals surface area contributed by atoms with Gasteiger partial charge in [-0.1, -0.05) is 65.4 Å². The largest absolute Gasteiger partial charge is 0.401 e. The molecule has 0 amide bonds. The molecule has 0 atom stereocenters. The zero-order valence-corrected chi connectivity index (χ0v) is 14.8. The zero-order valence-electron chi connectivity index (χ0n) is 14.8. The van der Waals surface area contributed by atoms with E-state index >= 15 is 0 Å². The minimum Gasteiger partial charge on any atom is -0.401 e. The number of aromatic nitrogens is 4. The highest BCUT2D eigenvalue weighted by molar-refractivity contribution is 5.73. The molecule has 0 spiro atoms. The molecule has 0 saturated heterocycles. The van der Waals surface area contributed by atoms with Gasteiger partial charge in [0.05, 0.1) is 12.7 Å². The van der Waals surface area contributed by atoms with Gasteiger partial charge in [-0.25, -0.2) is 4.79 Å². The van der Waals surface area contributed by atoms with E-state index in [1.54, 1.807) is 7.05 Å². The van der Waals surface area contributed by atoms with Crippen LogP contribution in [0.5, 0.6) is 0 Å². The van der Waals surface area contributed by atoms with E-state index in [0.717, 1.165) is 15.9 Å². The maximum atomic E-state index is 13.0. The van der Waals surface area contributed by atoms with Crippen LogP contribution in [0.2, 0.25) is 0 Å². The normalized spacial score (nSPS) is 11.0. The Morgan fingerprint density at radius 1 is 0.926 bits per heavy atom. The second-order valence-corrected chi connectivity index (χ2v) is 6.22. The number of nitrogens with zero attached hydrogens (tertiary/aromatic N) is 4. The van der Waals surface area contributed by atoms with Gasteiger partial charge in [0.15, 0.2) is 0 Å². The van der Waals surface area contributed by atoms with Crippen LogP contribution in [-0.2, 0) is 20.2 Å². The Kier molecular flexibility index (Phi) is 4.33. The van der Waals surface area contributed by atoms with Gasteiger partial charge in [0.1, 0.15) is 17.6 Å². The minimum absolute atomic E-state index is 0.118. The molecule has 0 aliphatic rings. The Labute approximate surface area is 154 Å². The van der Waals surface area contributed by atoms with Crippen molar-refractivity contribution in [2.75, 3.05) is 0 Å². The van der Waals surface area contributed by atoms with Crippen molar-refractivity contribution in [1.82, 2.24) is 19.1 Å². The molecule has 0 aliphatic heterocycles. The summed E-state index contributed by atoms with van der Waals surface area (Å²) < 4.78 is 3.85. The predicted molar refractivity (Wildman–Crippen MR) is 102 cm³/mol. The Morgan fingerprint density at radius 2 is 1.56 bits per heavy atom. The third kappa shape index (κ3) is 3.15. The average Bonchev–Trinajstić information content (AvgIpc) is 3.08. The maximum absolute atomic E-state index is 13.0. The Morgan fingerprint density at radius 3 is 2.22 bits per heavy atom. The van der Waals surface area contributed by atoms with Crippen LogP contribution in [0.4, 0.5) is 0 Å². The molecule has 7 nitrogen and oxygen atoms in total. The van der Waals surface area contributed by atoms with Crippen LogP contribution in [0, 0.1) is 0 Å². The number of fused-ring (bicyclic) bond motifs is 1. The van der Waals surface area contributed by atoms with Crippen LogP contribution >= 0.6 is 0 Å². The van der Waals surface area contributed by atoms with Crippen LogP contribution in [0.25, 0.3) is 11.0 Å². The van der Waals surface area contributed by atoms with Crippen molar-refractivity contribution >= 4 is 11.0 Å². The molecule has 0 unspecified atom stereocenters. The summed E-state index contributed by atoms with van der Waals surface area (Å²) in [5.74, 6) is 0. The van der Waals surface area contributed by atoms with Crippen molar-refractivity contribution in [1.29, 1.82) is 0 Å². The molecule has 2 heterocycles. The van der Waals surface area contributed by atoms with Crippen LogP contribution in [0.15, 0.2) is 76.4 Å². The Balaban J connectivity index is 1.82. The summed E-state index contributed by atoms with van der Waals surface area (Å²) in [5.41, 5.74) is 1.23. The molecular formula is C20H18N4O3. The first-order valence-corrected chi connectivity index (χ1v) is 8.54. The lowest BCUT2D eigenvalue weighted by atomic mass is 10.2. The number of aryl methyl sites for hydroxylation is 1. The first-order valence-electron chi connectivity index (χ1n) is 8.54. The lowest BCUT2D eigenvalue weighted by Gasteiger charge is -2.13. The molecule has 0 bridgehead atoms. The highest BCUT2D eigenvalue weighted by Gasteiger charge is 2.17. The molecule has 0 N–H and O–H groups in total. The second-order valence-electron chi connectivity index (χ2n) is 6.22. The van der Waals surface area contributed by atoms with E-state index in [1.807, 2.05) is 60.7 Å². The fourth-order valence-electron chi connectivity index (χ4n) is 3.03. The fraction of sp³-hybridized carbons (Fsp3) is 0.150. The van der Waals surface area contributed by atoms with E-state index < -0.39 is 11.2 Å². The van der Waals surface area contributed by atoms with Crippen molar-refractivity contribution in [3.8, 4) is 0 Å². The minimum atomic E-state index is -0.532. The predicted octanol–water partition coefficient (Wildman–Crippen LogP) is 1.57. The van der Waals surface area contributed by atoms with Gasteiger partial charge in [-0.15, -0.1) is 0 Å². The fourth-order valence-corrected chi connectivity index (χ4v) is 3.03. The number of rotatable bonds is 5. The molecule has 0 aliphatic carbocycles. The van der Waals surface area contributed by atoms with Gasteiger partial charge in [-0.05, 0) is 11.1 Å². The summed E-state index contributed by atoms with van der Waals surface area (Å²) in [6, 6.07) is 19.0. The van der Waals surface area contributed by atoms with Crippen LogP contribution in [0.1, 0.15) is 11.1 Å². The van der Waals surface area contributed by atoms with Crippen molar-refractivity contribution in [3.63, 3.8) is 0 Å². The van der Waals surface area contributed by atoms with Gasteiger partial charge >= 0.3 is 11.2 Å². The molecule has 2 aromatic heterocycles. The highest BCUT2D eigenvalue weighted by Crippen LogP contribution is 2.09. The number of hydrogen-bond acceptors (Lipinski definition) is 4. The van der Waals surface area contributed by atoms with E-state index in [2.05, 4.69) is 5.10 Å². The first kappa shape index (κ1) is 16.8. The summed E-state index contributed by atoms with van der Waals surface area (Å²) in [7, 11) is 1.71. The average molecular weight is 362 g/mol. The van der Waals surface area contributed by atoms with E-state index in [4.69, 9.17) is 4.84 Å². The number of benzene rings is 2. The van der Waals surface area contributed by atoms with Gasteiger partial charge < -0.3 is 4.84 Å². The second kappa shape index (κ2) is 6.95. The molecule has 7 heteroatoms. The first-order chi connectivity index (χ1) is 13.1. The monoisotopic (exact) mass is 362 g/mol. The lowest BCUT2D eigenvalue weighted by molar-refractivity contribution is 0.0775. The van der Waals surface area contributed by atoms with Crippen LogP contribution in [0.3, 0.4) is 0 Å². The van der Waals surface area contributed by atoms with Crippen molar-refractivity contribution in [2.24, 2.45) is 7.05 Å². The third-order valence-electron chi connectivity index (χ3n) is 4.37. The lowest BCUT2D eigenvalue weighted by Crippen LogP contribution is -2.44. The van der Waals surface area contributed by atoms with Gasteiger partial charge in [0, 0.05) is 7.05 Å². The molecule has 4 rings (SSSR count). The van der Waals surface area contributed by atoms with Gasteiger partial charge in [0.2, 0.25) is 0 Å². The zero-order chi connectivity index (χ0) is 18.8. The topological polar surface area (TPSA) is 71.1 Å². The Bertz CT molecular complexity index is 1190. The molecule has 4 aromatic rings. The van der Waals surface area contributed by atoms with Gasteiger partial charge in [0.25, 0.3) is 0 Å². The maximum Gasteiger partial charge on any atom is 0.366 e. The van der Waals surface area contributed by atoms with Crippen molar-refractivity contribution in [3.05, 3.63) is 98.8 Å². The molecule has 0 saturated carbocycles. The van der Waals surface area contributed by atoms with Crippen LogP contribution < -0.4 is 16.1 Å². The summed E-state index contributed by atoms with van der Waals surface area (Å²) in [5, 5.41) is 4.48. The number of hydrogen-bond donors (Lipinski definition) is 0. The smallest absolute Gasteiger partial charge is 0.366 e. The summed E-state index contributed by atoms with van der Waals surface area (Å²) in [6.45, 7) is 0.428. The van der Waals surface area contributed by atoms with Crippen LogP contribution in [-0.4, -0.2) is 19.1 Å². The summed E-state index contributed by atoms with van der Waals surface area (Å²) in [6.07, 6.45) is 1.46. The van der Waals surface area contributed by atoms with Gasteiger partial charge in [-0.2, -0.15) is 5.10 Å². The van der Waals surface area contributed by atoms with E-state index in [1.165, 1.54) is 15.4 Å². The molecule has 136 valence electrons. The van der Waals surface area contributed by atoms with E-state index in [0.29, 0.717) is 17.6 Å². The van der Waals surface area contributed by atoms with Gasteiger partial charge in [-0.3, -0.25) is 14.0 Å². The summed E-state index contributed by atoms with van der Waals surface area (Å²) in [4.78, 5) is 31.4. The van der Waals surface area contributed by atoms with E-state index in [-0.39, 0.29) is 6.61 Å². The quantitative estimate of drug-likeness (QED) is 0.540. The van der Waals surface area contributed by atoms with Crippen molar-refractivity contribution < 1.29 is 4.84 Å².